The zero-order valence-electron chi connectivity index (χ0n) is 9.54. The number of halogens is 4. The number of hydrogen-bond acceptors (Lipinski definition) is 4. The van der Waals surface area contributed by atoms with Crippen LogP contribution in [0.3, 0.4) is 0 Å². The van der Waals surface area contributed by atoms with E-state index in [1.165, 1.54) is 12.1 Å². The van der Waals surface area contributed by atoms with Gasteiger partial charge in [-0.1, -0.05) is 11.2 Å². The fourth-order valence-corrected chi connectivity index (χ4v) is 1.54. The molecule has 8 heteroatoms. The minimum atomic E-state index is -4.39. The van der Waals surface area contributed by atoms with Gasteiger partial charge in [0.15, 0.2) is 0 Å². The van der Waals surface area contributed by atoms with Crippen molar-refractivity contribution >= 4 is 23.3 Å². The van der Waals surface area contributed by atoms with Crippen LogP contribution >= 0.6 is 11.6 Å². The van der Waals surface area contributed by atoms with Crippen LogP contribution in [-0.4, -0.2) is 16.1 Å². The highest BCUT2D eigenvalue weighted by Gasteiger charge is 2.30. The van der Waals surface area contributed by atoms with Gasteiger partial charge in [0.1, 0.15) is 0 Å². The minimum absolute atomic E-state index is 0.0273. The molecule has 0 saturated heterocycles. The van der Waals surface area contributed by atoms with Crippen LogP contribution in [0.25, 0.3) is 0 Å². The summed E-state index contributed by atoms with van der Waals surface area (Å²) in [7, 11) is 0. The van der Waals surface area contributed by atoms with Crippen molar-refractivity contribution in [3.63, 3.8) is 0 Å². The lowest BCUT2D eigenvalue weighted by Gasteiger charge is -2.08. The molecule has 0 spiro atoms. The van der Waals surface area contributed by atoms with Gasteiger partial charge < -0.3 is 9.73 Å². The summed E-state index contributed by atoms with van der Waals surface area (Å²) in [6, 6.07) is 4.74. The molecule has 1 N–H and O–H groups in total. The molecule has 0 radical (unpaired) electrons. The number of rotatable bonds is 4. The van der Waals surface area contributed by atoms with Crippen molar-refractivity contribution in [2.75, 3.05) is 11.2 Å². The Morgan fingerprint density at radius 2 is 2.05 bits per heavy atom. The van der Waals surface area contributed by atoms with E-state index in [0.29, 0.717) is 18.2 Å². The quantitative estimate of drug-likeness (QED) is 0.874. The maximum atomic E-state index is 12.5. The van der Waals surface area contributed by atoms with Crippen molar-refractivity contribution in [1.29, 1.82) is 0 Å². The average molecular weight is 292 g/mol. The molecule has 0 unspecified atom stereocenters. The number of aryl methyl sites for hydroxylation is 1. The average Bonchev–Trinajstić information content (AvgIpc) is 2.76. The van der Waals surface area contributed by atoms with Crippen LogP contribution in [-0.2, 0) is 12.6 Å². The first-order chi connectivity index (χ1) is 8.99. The lowest BCUT2D eigenvalue weighted by atomic mass is 10.2. The number of anilines is 2. The standard InChI is InChI=1S/C11H9ClF3N3O/c12-5-4-9-17-18-10(19-9)16-8-3-1-2-7(6-8)11(13,14)15/h1-3,6H,4-5H2,(H,16,18). The van der Waals surface area contributed by atoms with Crippen LogP contribution in [0.1, 0.15) is 11.5 Å². The van der Waals surface area contributed by atoms with E-state index < -0.39 is 11.7 Å². The van der Waals surface area contributed by atoms with E-state index in [9.17, 15) is 13.2 Å². The number of aromatic nitrogens is 2. The molecule has 0 saturated carbocycles. The van der Waals surface area contributed by atoms with Gasteiger partial charge >= 0.3 is 12.2 Å². The minimum Gasteiger partial charge on any atom is -0.408 e. The van der Waals surface area contributed by atoms with Gasteiger partial charge in [0.05, 0.1) is 5.56 Å². The molecule has 0 atom stereocenters. The van der Waals surface area contributed by atoms with E-state index in [-0.39, 0.29) is 11.7 Å². The lowest BCUT2D eigenvalue weighted by molar-refractivity contribution is -0.137. The van der Waals surface area contributed by atoms with E-state index in [4.69, 9.17) is 16.0 Å². The monoisotopic (exact) mass is 291 g/mol. The molecule has 1 aromatic heterocycles. The number of hydrogen-bond donors (Lipinski definition) is 1. The van der Waals surface area contributed by atoms with Gasteiger partial charge in [0.25, 0.3) is 0 Å². The molecule has 1 heterocycles. The SMILES string of the molecule is FC(F)(F)c1cccc(Nc2nnc(CCCl)o2)c1. The van der Waals surface area contributed by atoms with Crippen molar-refractivity contribution in [2.45, 2.75) is 12.6 Å². The van der Waals surface area contributed by atoms with Crippen LogP contribution in [0.5, 0.6) is 0 Å². The molecular weight excluding hydrogens is 283 g/mol. The van der Waals surface area contributed by atoms with E-state index in [1.54, 1.807) is 0 Å². The van der Waals surface area contributed by atoms with Gasteiger partial charge in [-0.2, -0.15) is 13.2 Å². The van der Waals surface area contributed by atoms with Gasteiger partial charge in [-0.25, -0.2) is 0 Å². The summed E-state index contributed by atoms with van der Waals surface area (Å²) in [5, 5.41) is 9.95. The lowest BCUT2D eigenvalue weighted by Crippen LogP contribution is -2.05. The second kappa shape index (κ2) is 5.48. The Hall–Kier alpha value is -1.76. The highest BCUT2D eigenvalue weighted by atomic mass is 35.5. The predicted octanol–water partition coefficient (Wildman–Crippen LogP) is 3.61. The van der Waals surface area contributed by atoms with Crippen molar-refractivity contribution in [3.8, 4) is 0 Å². The molecule has 0 fully saturated rings. The smallest absolute Gasteiger partial charge is 0.408 e. The van der Waals surface area contributed by atoms with E-state index in [0.717, 1.165) is 12.1 Å². The summed E-state index contributed by atoms with van der Waals surface area (Å²) in [6.07, 6.45) is -3.99. The third kappa shape index (κ3) is 3.60. The Kier molecular flexibility index (Phi) is 3.94. The summed E-state index contributed by atoms with van der Waals surface area (Å²) in [5.74, 6) is 0.648. The topological polar surface area (TPSA) is 51.0 Å². The number of nitrogens with zero attached hydrogens (tertiary/aromatic N) is 2. The van der Waals surface area contributed by atoms with Crippen molar-refractivity contribution in [3.05, 3.63) is 35.7 Å². The maximum Gasteiger partial charge on any atom is 0.416 e. The van der Waals surface area contributed by atoms with Gasteiger partial charge in [-0.3, -0.25) is 0 Å². The molecule has 0 aliphatic heterocycles. The largest absolute Gasteiger partial charge is 0.416 e. The van der Waals surface area contributed by atoms with Crippen molar-refractivity contribution < 1.29 is 17.6 Å². The van der Waals surface area contributed by atoms with Gasteiger partial charge in [0.2, 0.25) is 5.89 Å². The fourth-order valence-electron chi connectivity index (χ4n) is 1.38. The predicted molar refractivity (Wildman–Crippen MR) is 63.4 cm³/mol. The second-order valence-corrected chi connectivity index (χ2v) is 4.02. The molecule has 1 aromatic carbocycles. The molecular formula is C11H9ClF3N3O. The first kappa shape index (κ1) is 13.7. The Balaban J connectivity index is 2.14. The fraction of sp³-hybridized carbons (Fsp3) is 0.273. The molecule has 2 rings (SSSR count). The molecule has 0 aliphatic carbocycles. The Bertz CT molecular complexity index is 556. The molecule has 102 valence electrons. The highest BCUT2D eigenvalue weighted by molar-refractivity contribution is 6.17. The Morgan fingerprint density at radius 3 is 2.74 bits per heavy atom. The summed E-state index contributed by atoms with van der Waals surface area (Å²) in [6.45, 7) is 0. The van der Waals surface area contributed by atoms with Crippen LogP contribution in [0.2, 0.25) is 0 Å². The van der Waals surface area contributed by atoms with E-state index in [2.05, 4.69) is 15.5 Å². The van der Waals surface area contributed by atoms with Crippen molar-refractivity contribution in [2.24, 2.45) is 0 Å². The van der Waals surface area contributed by atoms with Gasteiger partial charge in [-0.05, 0) is 18.2 Å². The second-order valence-electron chi connectivity index (χ2n) is 3.64. The summed E-state index contributed by atoms with van der Waals surface area (Å²) in [5.41, 5.74) is -0.533. The van der Waals surface area contributed by atoms with E-state index in [1.807, 2.05) is 0 Å². The number of benzene rings is 1. The zero-order valence-corrected chi connectivity index (χ0v) is 10.3. The first-order valence-electron chi connectivity index (χ1n) is 5.31. The molecule has 0 amide bonds. The summed E-state index contributed by atoms with van der Waals surface area (Å²) >= 11 is 5.50. The third-order valence-electron chi connectivity index (χ3n) is 2.22. The molecule has 4 nitrogen and oxygen atoms in total. The van der Waals surface area contributed by atoms with Crippen LogP contribution in [0.15, 0.2) is 28.7 Å². The zero-order chi connectivity index (χ0) is 13.9. The Labute approximate surface area is 111 Å². The molecule has 0 aliphatic rings. The van der Waals surface area contributed by atoms with Crippen molar-refractivity contribution in [1.82, 2.24) is 10.2 Å². The number of alkyl halides is 4. The summed E-state index contributed by atoms with van der Waals surface area (Å²) < 4.78 is 42.7. The van der Waals surface area contributed by atoms with E-state index >= 15 is 0 Å². The highest BCUT2D eigenvalue weighted by Crippen LogP contribution is 2.31. The third-order valence-corrected chi connectivity index (χ3v) is 2.41. The Morgan fingerprint density at radius 1 is 1.26 bits per heavy atom. The van der Waals surface area contributed by atoms with Gasteiger partial charge in [0, 0.05) is 18.0 Å². The van der Waals surface area contributed by atoms with Crippen LogP contribution in [0, 0.1) is 0 Å². The summed E-state index contributed by atoms with van der Waals surface area (Å²) in [4.78, 5) is 0. The molecule has 0 bridgehead atoms. The first-order valence-corrected chi connectivity index (χ1v) is 5.85. The van der Waals surface area contributed by atoms with Crippen LogP contribution in [0.4, 0.5) is 24.9 Å². The van der Waals surface area contributed by atoms with Crippen LogP contribution < -0.4 is 5.32 Å². The number of nitrogens with one attached hydrogen (secondary N) is 1. The normalized spacial score (nSPS) is 11.6. The molecule has 19 heavy (non-hydrogen) atoms. The van der Waals surface area contributed by atoms with Gasteiger partial charge in [-0.15, -0.1) is 16.7 Å². The maximum absolute atomic E-state index is 12.5. The molecule has 2 aromatic rings.